The normalized spacial score (nSPS) is 12.5. The van der Waals surface area contributed by atoms with Gasteiger partial charge in [0.25, 0.3) is 0 Å². The minimum Gasteiger partial charge on any atom is -0.339 e. The summed E-state index contributed by atoms with van der Waals surface area (Å²) in [5.74, 6) is -0.00799. The number of amides is 1. The molecule has 0 saturated carbocycles. The van der Waals surface area contributed by atoms with Gasteiger partial charge in [0.15, 0.2) is 0 Å². The lowest BCUT2D eigenvalue weighted by atomic mass is 10.1. The molecule has 0 spiro atoms. The number of carbonyl (C=O) groups excluding carboxylic acids is 1. The van der Waals surface area contributed by atoms with Crippen molar-refractivity contribution in [1.29, 1.82) is 0 Å². The molecule has 3 nitrogen and oxygen atoms in total. The molecule has 1 aromatic rings. The van der Waals surface area contributed by atoms with Crippen LogP contribution in [-0.2, 0) is 11.3 Å². The Morgan fingerprint density at radius 2 is 2.31 bits per heavy atom. The minimum atomic E-state index is -0.384. The van der Waals surface area contributed by atoms with E-state index in [1.54, 1.807) is 11.9 Å². The molecule has 1 atom stereocenters. The van der Waals surface area contributed by atoms with Gasteiger partial charge >= 0.3 is 0 Å². The Morgan fingerprint density at radius 1 is 1.62 bits per heavy atom. The van der Waals surface area contributed by atoms with Gasteiger partial charge in [-0.25, -0.2) is 0 Å². The fourth-order valence-electron chi connectivity index (χ4n) is 1.47. The zero-order valence-electron chi connectivity index (χ0n) is 9.57. The summed E-state index contributed by atoms with van der Waals surface area (Å²) in [6.45, 7) is 2.60. The number of halogens is 1. The quantitative estimate of drug-likeness (QED) is 0.884. The molecule has 0 aliphatic heterocycles. The average Bonchev–Trinajstić information content (AvgIpc) is 2.63. The van der Waals surface area contributed by atoms with Crippen molar-refractivity contribution in [2.24, 2.45) is 5.73 Å². The molecule has 0 bridgehead atoms. The largest absolute Gasteiger partial charge is 0.339 e. The molecule has 0 aromatic carbocycles. The maximum Gasteiger partial charge on any atom is 0.239 e. The Bertz CT molecular complexity index is 354. The molecule has 1 aromatic heterocycles. The van der Waals surface area contributed by atoms with E-state index < -0.39 is 0 Å². The van der Waals surface area contributed by atoms with Crippen molar-refractivity contribution in [2.75, 3.05) is 7.05 Å². The van der Waals surface area contributed by atoms with Crippen LogP contribution >= 0.6 is 22.9 Å². The van der Waals surface area contributed by atoms with Crippen LogP contribution < -0.4 is 5.73 Å². The Morgan fingerprint density at radius 3 is 2.81 bits per heavy atom. The summed E-state index contributed by atoms with van der Waals surface area (Å²) in [6, 6.07) is 3.39. The van der Waals surface area contributed by atoms with E-state index in [9.17, 15) is 4.79 Å². The predicted octanol–water partition coefficient (Wildman–Crippen LogP) is 2.49. The first-order valence-corrected chi connectivity index (χ1v) is 6.48. The van der Waals surface area contributed by atoms with Gasteiger partial charge in [-0.1, -0.05) is 24.9 Å². The Kier molecular flexibility index (Phi) is 5.25. The molecule has 0 radical (unpaired) electrons. The molecule has 90 valence electrons. The highest BCUT2D eigenvalue weighted by molar-refractivity contribution is 7.16. The molecule has 16 heavy (non-hydrogen) atoms. The van der Waals surface area contributed by atoms with Crippen molar-refractivity contribution in [3.8, 4) is 0 Å². The molecule has 5 heteroatoms. The monoisotopic (exact) mass is 260 g/mol. The Balaban J connectivity index is 2.51. The minimum absolute atomic E-state index is 0.00799. The van der Waals surface area contributed by atoms with E-state index in [-0.39, 0.29) is 11.9 Å². The molecular weight excluding hydrogens is 244 g/mol. The van der Waals surface area contributed by atoms with E-state index in [1.165, 1.54) is 11.3 Å². The van der Waals surface area contributed by atoms with Crippen molar-refractivity contribution in [2.45, 2.75) is 32.4 Å². The standard InChI is InChI=1S/C11H17ClN2OS/c1-3-4-9(13)11(15)14(2)7-8-5-6-10(12)16-8/h5-6,9H,3-4,7,13H2,1-2H3. The summed E-state index contributed by atoms with van der Waals surface area (Å²) < 4.78 is 0.744. The molecule has 2 N–H and O–H groups in total. The van der Waals surface area contributed by atoms with E-state index in [4.69, 9.17) is 17.3 Å². The molecule has 1 unspecified atom stereocenters. The number of thiophene rings is 1. The van der Waals surface area contributed by atoms with Crippen molar-refractivity contribution < 1.29 is 4.79 Å². The highest BCUT2D eigenvalue weighted by atomic mass is 35.5. The lowest BCUT2D eigenvalue weighted by molar-refractivity contribution is -0.131. The summed E-state index contributed by atoms with van der Waals surface area (Å²) in [4.78, 5) is 14.5. The van der Waals surface area contributed by atoms with E-state index in [0.29, 0.717) is 6.54 Å². The van der Waals surface area contributed by atoms with Gasteiger partial charge in [0.05, 0.1) is 16.9 Å². The van der Waals surface area contributed by atoms with E-state index in [2.05, 4.69) is 0 Å². The zero-order chi connectivity index (χ0) is 12.1. The average molecular weight is 261 g/mol. The van der Waals surface area contributed by atoms with E-state index in [1.807, 2.05) is 19.1 Å². The second-order valence-electron chi connectivity index (χ2n) is 3.80. The van der Waals surface area contributed by atoms with Crippen LogP contribution in [0, 0.1) is 0 Å². The van der Waals surface area contributed by atoms with Crippen molar-refractivity contribution >= 4 is 28.8 Å². The molecule has 1 heterocycles. The van der Waals surface area contributed by atoms with Crippen LogP contribution in [-0.4, -0.2) is 23.9 Å². The first-order chi connectivity index (χ1) is 7.54. The second-order valence-corrected chi connectivity index (χ2v) is 5.59. The fourth-order valence-corrected chi connectivity index (χ4v) is 2.61. The summed E-state index contributed by atoms with van der Waals surface area (Å²) in [5.41, 5.74) is 5.77. The first kappa shape index (κ1) is 13.5. The molecule has 0 saturated heterocycles. The van der Waals surface area contributed by atoms with Gasteiger partial charge in [0.1, 0.15) is 0 Å². The third-order valence-corrected chi connectivity index (χ3v) is 3.53. The molecule has 0 fully saturated rings. The lowest BCUT2D eigenvalue weighted by Gasteiger charge is -2.20. The molecular formula is C11H17ClN2OS. The molecule has 0 aliphatic carbocycles. The van der Waals surface area contributed by atoms with Crippen molar-refractivity contribution in [1.82, 2.24) is 4.90 Å². The van der Waals surface area contributed by atoms with Crippen LogP contribution in [0.5, 0.6) is 0 Å². The van der Waals surface area contributed by atoms with Crippen LogP contribution in [0.1, 0.15) is 24.6 Å². The number of hydrogen-bond acceptors (Lipinski definition) is 3. The number of hydrogen-bond donors (Lipinski definition) is 1. The first-order valence-electron chi connectivity index (χ1n) is 5.29. The zero-order valence-corrected chi connectivity index (χ0v) is 11.1. The van der Waals surface area contributed by atoms with Crippen LogP contribution in [0.2, 0.25) is 4.34 Å². The SMILES string of the molecule is CCCC(N)C(=O)N(C)Cc1ccc(Cl)s1. The summed E-state index contributed by atoms with van der Waals surface area (Å²) >= 11 is 7.32. The number of nitrogens with two attached hydrogens (primary N) is 1. The third-order valence-electron chi connectivity index (χ3n) is 2.31. The summed E-state index contributed by atoms with van der Waals surface area (Å²) in [7, 11) is 1.77. The second kappa shape index (κ2) is 6.23. The van der Waals surface area contributed by atoms with Crippen LogP contribution in [0.15, 0.2) is 12.1 Å². The highest BCUT2D eigenvalue weighted by Crippen LogP contribution is 2.22. The molecule has 1 amide bonds. The maximum absolute atomic E-state index is 11.8. The summed E-state index contributed by atoms with van der Waals surface area (Å²) in [6.07, 6.45) is 1.65. The van der Waals surface area contributed by atoms with E-state index >= 15 is 0 Å². The van der Waals surface area contributed by atoms with Gasteiger partial charge in [-0.15, -0.1) is 11.3 Å². The smallest absolute Gasteiger partial charge is 0.239 e. The fraction of sp³-hybridized carbons (Fsp3) is 0.545. The van der Waals surface area contributed by atoms with Crippen LogP contribution in [0.3, 0.4) is 0 Å². The van der Waals surface area contributed by atoms with Gasteiger partial charge < -0.3 is 10.6 Å². The molecule has 1 rings (SSSR count). The van der Waals surface area contributed by atoms with Gasteiger partial charge in [-0.05, 0) is 18.6 Å². The maximum atomic E-state index is 11.8. The van der Waals surface area contributed by atoms with Gasteiger partial charge in [0, 0.05) is 11.9 Å². The lowest BCUT2D eigenvalue weighted by Crippen LogP contribution is -2.41. The van der Waals surface area contributed by atoms with Crippen molar-refractivity contribution in [3.05, 3.63) is 21.3 Å². The number of nitrogens with zero attached hydrogens (tertiary/aromatic N) is 1. The van der Waals surface area contributed by atoms with Crippen molar-refractivity contribution in [3.63, 3.8) is 0 Å². The Labute approximate surface area is 105 Å². The Hall–Kier alpha value is -0.580. The number of rotatable bonds is 5. The van der Waals surface area contributed by atoms with Crippen LogP contribution in [0.4, 0.5) is 0 Å². The number of carbonyl (C=O) groups is 1. The topological polar surface area (TPSA) is 46.3 Å². The highest BCUT2D eigenvalue weighted by Gasteiger charge is 2.17. The van der Waals surface area contributed by atoms with Gasteiger partial charge in [-0.2, -0.15) is 0 Å². The molecule has 0 aliphatic rings. The van der Waals surface area contributed by atoms with Crippen LogP contribution in [0.25, 0.3) is 0 Å². The number of likely N-dealkylation sites (N-methyl/N-ethyl adjacent to an activating group) is 1. The van der Waals surface area contributed by atoms with Gasteiger partial charge in [0.2, 0.25) is 5.91 Å². The van der Waals surface area contributed by atoms with Gasteiger partial charge in [-0.3, -0.25) is 4.79 Å². The predicted molar refractivity (Wildman–Crippen MR) is 68.7 cm³/mol. The third kappa shape index (κ3) is 3.77. The van der Waals surface area contributed by atoms with E-state index in [0.717, 1.165) is 22.1 Å². The summed E-state index contributed by atoms with van der Waals surface area (Å²) in [5, 5.41) is 0.